The maximum Gasteiger partial charge on any atom is 0.254 e. The van der Waals surface area contributed by atoms with Gasteiger partial charge in [0, 0.05) is 9.50 Å². The van der Waals surface area contributed by atoms with Gasteiger partial charge >= 0.3 is 0 Å². The van der Waals surface area contributed by atoms with E-state index in [0.29, 0.717) is 5.69 Å². The molecule has 0 bridgehead atoms. The molecule has 0 spiro atoms. The van der Waals surface area contributed by atoms with E-state index >= 15 is 0 Å². The first kappa shape index (κ1) is 16.5. The zero-order valence-corrected chi connectivity index (χ0v) is 13.5. The molecule has 0 saturated heterocycles. The van der Waals surface area contributed by atoms with Crippen molar-refractivity contribution < 1.29 is 14.0 Å². The number of hydrogen-bond acceptors (Lipinski definition) is 2. The predicted octanol–water partition coefficient (Wildman–Crippen LogP) is 3.61. The second-order valence-electron chi connectivity index (χ2n) is 4.33. The van der Waals surface area contributed by atoms with E-state index in [1.807, 2.05) is 6.07 Å². The van der Waals surface area contributed by atoms with E-state index in [1.165, 1.54) is 12.1 Å². The minimum atomic E-state index is -0.706. The topological polar surface area (TPSA) is 58.2 Å². The summed E-state index contributed by atoms with van der Waals surface area (Å²) in [5.74, 6) is -1.84. The van der Waals surface area contributed by atoms with Crippen molar-refractivity contribution in [3.05, 3.63) is 63.3 Å². The molecule has 4 nitrogen and oxygen atoms in total. The third-order valence-corrected chi connectivity index (χ3v) is 3.66. The molecule has 7 heteroatoms. The average molecular weight is 386 g/mol. The number of carbonyl (C=O) groups is 2. The van der Waals surface area contributed by atoms with Crippen molar-refractivity contribution in [2.24, 2.45) is 0 Å². The Labute approximate surface area is 139 Å². The van der Waals surface area contributed by atoms with E-state index in [0.717, 1.165) is 10.5 Å². The van der Waals surface area contributed by atoms with Gasteiger partial charge in [-0.25, -0.2) is 4.39 Å². The number of benzene rings is 2. The van der Waals surface area contributed by atoms with Crippen LogP contribution in [0.2, 0.25) is 5.02 Å². The highest BCUT2D eigenvalue weighted by atomic mass is 79.9. The number of rotatable bonds is 4. The molecule has 0 aliphatic rings. The summed E-state index contributed by atoms with van der Waals surface area (Å²) in [7, 11) is 0. The summed E-state index contributed by atoms with van der Waals surface area (Å²) in [6, 6.07) is 10.7. The van der Waals surface area contributed by atoms with Crippen LogP contribution in [0.4, 0.5) is 10.1 Å². The molecular weight excluding hydrogens is 375 g/mol. The molecule has 0 radical (unpaired) electrons. The summed E-state index contributed by atoms with van der Waals surface area (Å²) in [4.78, 5) is 23.6. The van der Waals surface area contributed by atoms with Gasteiger partial charge in [0.15, 0.2) is 0 Å². The van der Waals surface area contributed by atoms with Gasteiger partial charge in [-0.15, -0.1) is 0 Å². The highest BCUT2D eigenvalue weighted by Crippen LogP contribution is 2.20. The first-order valence-electron chi connectivity index (χ1n) is 6.25. The number of hydrogen-bond donors (Lipinski definition) is 2. The van der Waals surface area contributed by atoms with Crippen molar-refractivity contribution >= 4 is 45.0 Å². The number of amides is 2. The molecule has 0 aromatic heterocycles. The summed E-state index contributed by atoms with van der Waals surface area (Å²) in [6.45, 7) is -0.286. The SMILES string of the molecule is O=C(CNC(=O)c1cc(Cl)ccc1F)Nc1ccccc1Br. The quantitative estimate of drug-likeness (QED) is 0.845. The summed E-state index contributed by atoms with van der Waals surface area (Å²) < 4.78 is 14.2. The lowest BCUT2D eigenvalue weighted by atomic mass is 10.2. The van der Waals surface area contributed by atoms with E-state index in [1.54, 1.807) is 18.2 Å². The highest BCUT2D eigenvalue weighted by Gasteiger charge is 2.13. The third-order valence-electron chi connectivity index (χ3n) is 2.73. The fraction of sp³-hybridized carbons (Fsp3) is 0.0667. The Kier molecular flexibility index (Phi) is 5.51. The molecule has 2 N–H and O–H groups in total. The Morgan fingerprint density at radius 3 is 2.64 bits per heavy atom. The lowest BCUT2D eigenvalue weighted by molar-refractivity contribution is -0.115. The van der Waals surface area contributed by atoms with E-state index < -0.39 is 17.6 Å². The Balaban J connectivity index is 1.95. The van der Waals surface area contributed by atoms with Gasteiger partial charge in [-0.05, 0) is 46.3 Å². The molecule has 0 atom stereocenters. The lowest BCUT2D eigenvalue weighted by Crippen LogP contribution is -2.33. The molecule has 2 rings (SSSR count). The van der Waals surface area contributed by atoms with Crippen LogP contribution in [0.5, 0.6) is 0 Å². The predicted molar refractivity (Wildman–Crippen MR) is 86.5 cm³/mol. The van der Waals surface area contributed by atoms with Gasteiger partial charge in [0.25, 0.3) is 5.91 Å². The molecule has 2 aromatic rings. The molecular formula is C15H11BrClFN2O2. The first-order valence-corrected chi connectivity index (χ1v) is 7.42. The number of nitrogens with one attached hydrogen (secondary N) is 2. The van der Waals surface area contributed by atoms with Gasteiger partial charge in [-0.2, -0.15) is 0 Å². The standard InChI is InChI=1S/C15H11BrClFN2O2/c16-11-3-1-2-4-13(11)20-14(21)8-19-15(22)10-7-9(17)5-6-12(10)18/h1-7H,8H2,(H,19,22)(H,20,21). The first-order chi connectivity index (χ1) is 10.5. The molecule has 0 heterocycles. The van der Waals surface area contributed by atoms with Crippen molar-refractivity contribution in [1.82, 2.24) is 5.32 Å². The maximum atomic E-state index is 13.5. The highest BCUT2D eigenvalue weighted by molar-refractivity contribution is 9.10. The van der Waals surface area contributed by atoms with Gasteiger partial charge in [0.05, 0.1) is 17.8 Å². The fourth-order valence-corrected chi connectivity index (χ4v) is 2.24. The molecule has 0 fully saturated rings. The smallest absolute Gasteiger partial charge is 0.254 e. The van der Waals surface area contributed by atoms with Gasteiger partial charge in [-0.1, -0.05) is 23.7 Å². The molecule has 0 aliphatic carbocycles. The second kappa shape index (κ2) is 7.38. The zero-order chi connectivity index (χ0) is 16.1. The Hall–Kier alpha value is -1.92. The molecule has 0 saturated carbocycles. The van der Waals surface area contributed by atoms with Crippen LogP contribution in [0, 0.1) is 5.82 Å². The van der Waals surface area contributed by atoms with Crippen molar-refractivity contribution in [3.63, 3.8) is 0 Å². The van der Waals surface area contributed by atoms with Crippen LogP contribution in [0.1, 0.15) is 10.4 Å². The van der Waals surface area contributed by atoms with Crippen LogP contribution < -0.4 is 10.6 Å². The van der Waals surface area contributed by atoms with Crippen LogP contribution in [-0.2, 0) is 4.79 Å². The van der Waals surface area contributed by atoms with E-state index in [2.05, 4.69) is 26.6 Å². The molecule has 2 aromatic carbocycles. The van der Waals surface area contributed by atoms with Crippen molar-refractivity contribution in [2.45, 2.75) is 0 Å². The number of halogens is 3. The number of anilines is 1. The zero-order valence-electron chi connectivity index (χ0n) is 11.2. The van der Waals surface area contributed by atoms with Crippen LogP contribution >= 0.6 is 27.5 Å². The minimum Gasteiger partial charge on any atom is -0.343 e. The average Bonchev–Trinajstić information content (AvgIpc) is 2.49. The Morgan fingerprint density at radius 2 is 1.91 bits per heavy atom. The molecule has 0 aliphatic heterocycles. The summed E-state index contributed by atoms with van der Waals surface area (Å²) in [6.07, 6.45) is 0. The number of para-hydroxylation sites is 1. The maximum absolute atomic E-state index is 13.5. The fourth-order valence-electron chi connectivity index (χ4n) is 1.68. The summed E-state index contributed by atoms with van der Waals surface area (Å²) >= 11 is 9.01. The van der Waals surface area contributed by atoms with Gasteiger partial charge in [0.1, 0.15) is 5.82 Å². The Morgan fingerprint density at radius 1 is 1.18 bits per heavy atom. The van der Waals surface area contributed by atoms with Crippen molar-refractivity contribution in [2.75, 3.05) is 11.9 Å². The summed E-state index contributed by atoms with van der Waals surface area (Å²) in [5, 5.41) is 5.20. The van der Waals surface area contributed by atoms with Crippen molar-refractivity contribution in [3.8, 4) is 0 Å². The largest absolute Gasteiger partial charge is 0.343 e. The van der Waals surface area contributed by atoms with Crippen LogP contribution in [0.3, 0.4) is 0 Å². The van der Waals surface area contributed by atoms with Gasteiger partial charge in [0.2, 0.25) is 5.91 Å². The lowest BCUT2D eigenvalue weighted by Gasteiger charge is -2.09. The van der Waals surface area contributed by atoms with Crippen LogP contribution in [0.15, 0.2) is 46.9 Å². The second-order valence-corrected chi connectivity index (χ2v) is 5.63. The molecule has 114 valence electrons. The minimum absolute atomic E-state index is 0.207. The third kappa shape index (κ3) is 4.29. The van der Waals surface area contributed by atoms with Gasteiger partial charge in [-0.3, -0.25) is 9.59 Å². The van der Waals surface area contributed by atoms with Crippen LogP contribution in [0.25, 0.3) is 0 Å². The molecule has 0 unspecified atom stereocenters. The van der Waals surface area contributed by atoms with Crippen LogP contribution in [-0.4, -0.2) is 18.4 Å². The normalized spacial score (nSPS) is 10.1. The van der Waals surface area contributed by atoms with E-state index in [-0.39, 0.29) is 17.1 Å². The van der Waals surface area contributed by atoms with E-state index in [4.69, 9.17) is 11.6 Å². The Bertz CT molecular complexity index is 724. The van der Waals surface area contributed by atoms with E-state index in [9.17, 15) is 14.0 Å². The molecule has 22 heavy (non-hydrogen) atoms. The summed E-state index contributed by atoms with van der Waals surface area (Å²) in [5.41, 5.74) is 0.372. The molecule has 2 amide bonds. The number of carbonyl (C=O) groups excluding carboxylic acids is 2. The van der Waals surface area contributed by atoms with Crippen molar-refractivity contribution in [1.29, 1.82) is 0 Å². The monoisotopic (exact) mass is 384 g/mol. The van der Waals surface area contributed by atoms with Gasteiger partial charge < -0.3 is 10.6 Å².